The highest BCUT2D eigenvalue weighted by atomic mass is 32.2. The van der Waals surface area contributed by atoms with Crippen molar-refractivity contribution in [2.45, 2.75) is 38.5 Å². The molecule has 0 bridgehead atoms. The average Bonchev–Trinajstić information content (AvgIpc) is 2.89. The third-order valence-electron chi connectivity index (χ3n) is 3.42. The quantitative estimate of drug-likeness (QED) is 0.884. The molecule has 0 radical (unpaired) electrons. The molecule has 6 nitrogen and oxygen atoms in total. The third-order valence-corrected chi connectivity index (χ3v) is 5.19. The van der Waals surface area contributed by atoms with Gasteiger partial charge >= 0.3 is 6.18 Å². The highest BCUT2D eigenvalue weighted by molar-refractivity contribution is 7.91. The standard InChI is InChI=1S/C12H16F3N3O3S/c1-8-6-10(12(13,14)15)17-18(8)4-2-11(19)16-9-3-5-22(20,21)7-9/h6,9H,2-5,7H2,1H3,(H,16,19)/t9-/m0/s1. The van der Waals surface area contributed by atoms with Crippen molar-refractivity contribution >= 4 is 15.7 Å². The van der Waals surface area contributed by atoms with Crippen LogP contribution in [-0.2, 0) is 27.4 Å². The van der Waals surface area contributed by atoms with Crippen molar-refractivity contribution in [1.29, 1.82) is 0 Å². The number of hydrogen-bond donors (Lipinski definition) is 1. The maximum absolute atomic E-state index is 12.5. The van der Waals surface area contributed by atoms with Gasteiger partial charge in [-0.3, -0.25) is 9.48 Å². The van der Waals surface area contributed by atoms with Crippen LogP contribution in [0.15, 0.2) is 6.07 Å². The second-order valence-electron chi connectivity index (χ2n) is 5.31. The SMILES string of the molecule is Cc1cc(C(F)(F)F)nn1CCC(=O)N[C@H]1CCS(=O)(=O)C1. The van der Waals surface area contributed by atoms with Gasteiger partial charge in [-0.2, -0.15) is 18.3 Å². The number of rotatable bonds is 4. The Hall–Kier alpha value is -1.58. The lowest BCUT2D eigenvalue weighted by Gasteiger charge is -2.11. The molecule has 10 heteroatoms. The first-order valence-corrected chi connectivity index (χ1v) is 8.50. The molecule has 22 heavy (non-hydrogen) atoms. The van der Waals surface area contributed by atoms with Gasteiger partial charge in [0.15, 0.2) is 15.5 Å². The summed E-state index contributed by atoms with van der Waals surface area (Å²) in [6, 6.07) is 0.503. The van der Waals surface area contributed by atoms with Crippen molar-refractivity contribution < 1.29 is 26.4 Å². The first kappa shape index (κ1) is 16.8. The Morgan fingerprint density at radius 2 is 2.18 bits per heavy atom. The second kappa shape index (κ2) is 5.90. The van der Waals surface area contributed by atoms with E-state index in [1.54, 1.807) is 0 Å². The molecule has 1 saturated heterocycles. The van der Waals surface area contributed by atoms with Gasteiger partial charge in [0.25, 0.3) is 0 Å². The molecule has 1 N–H and O–H groups in total. The summed E-state index contributed by atoms with van der Waals surface area (Å²) in [6.45, 7) is 1.48. The normalized spacial score (nSPS) is 21.0. The van der Waals surface area contributed by atoms with E-state index >= 15 is 0 Å². The number of nitrogens with zero attached hydrogens (tertiary/aromatic N) is 2. The summed E-state index contributed by atoms with van der Waals surface area (Å²) in [6.07, 6.45) is -4.21. The second-order valence-corrected chi connectivity index (χ2v) is 7.54. The van der Waals surface area contributed by atoms with Crippen molar-refractivity contribution in [3.8, 4) is 0 Å². The predicted molar refractivity (Wildman–Crippen MR) is 71.8 cm³/mol. The molecular weight excluding hydrogens is 323 g/mol. The summed E-state index contributed by atoms with van der Waals surface area (Å²) in [5, 5.41) is 6.00. The summed E-state index contributed by atoms with van der Waals surface area (Å²) in [5.41, 5.74) is -0.684. The molecule has 1 amide bonds. The first-order chi connectivity index (χ1) is 10.1. The van der Waals surface area contributed by atoms with Gasteiger partial charge in [0.2, 0.25) is 5.91 Å². The zero-order valence-corrected chi connectivity index (χ0v) is 12.7. The van der Waals surface area contributed by atoms with Crippen LogP contribution in [0, 0.1) is 6.92 Å². The fraction of sp³-hybridized carbons (Fsp3) is 0.667. The van der Waals surface area contributed by atoms with E-state index in [4.69, 9.17) is 0 Å². The molecule has 2 rings (SSSR count). The Kier molecular flexibility index (Phi) is 4.50. The van der Waals surface area contributed by atoms with E-state index in [0.717, 1.165) is 10.7 Å². The molecule has 0 saturated carbocycles. The maximum atomic E-state index is 12.5. The fourth-order valence-electron chi connectivity index (χ4n) is 2.29. The van der Waals surface area contributed by atoms with Gasteiger partial charge in [0.1, 0.15) is 0 Å². The van der Waals surface area contributed by atoms with Crippen molar-refractivity contribution in [1.82, 2.24) is 15.1 Å². The Bertz CT molecular complexity index is 667. The zero-order chi connectivity index (χ0) is 16.5. The Morgan fingerprint density at radius 3 is 2.68 bits per heavy atom. The van der Waals surface area contributed by atoms with Crippen LogP contribution >= 0.6 is 0 Å². The smallest absolute Gasteiger partial charge is 0.352 e. The summed E-state index contributed by atoms with van der Waals surface area (Å²) in [7, 11) is -3.09. The summed E-state index contributed by atoms with van der Waals surface area (Å²) < 4.78 is 61.2. The third kappa shape index (κ3) is 4.21. The molecule has 0 aliphatic carbocycles. The molecule has 1 aromatic heterocycles. The molecule has 0 unspecified atom stereocenters. The number of amides is 1. The Morgan fingerprint density at radius 1 is 1.50 bits per heavy atom. The predicted octanol–water partition coefficient (Wildman–Crippen LogP) is 0.904. The number of sulfone groups is 1. The summed E-state index contributed by atoms with van der Waals surface area (Å²) >= 11 is 0. The number of carbonyl (C=O) groups is 1. The minimum Gasteiger partial charge on any atom is -0.352 e. The lowest BCUT2D eigenvalue weighted by Crippen LogP contribution is -2.36. The van der Waals surface area contributed by atoms with Crippen molar-refractivity contribution in [3.05, 3.63) is 17.5 Å². The molecule has 124 valence electrons. The maximum Gasteiger partial charge on any atom is 0.435 e. The van der Waals surface area contributed by atoms with Crippen LogP contribution in [0.4, 0.5) is 13.2 Å². The van der Waals surface area contributed by atoms with Crippen LogP contribution in [0.2, 0.25) is 0 Å². The lowest BCUT2D eigenvalue weighted by atomic mass is 10.2. The van der Waals surface area contributed by atoms with E-state index in [9.17, 15) is 26.4 Å². The van der Waals surface area contributed by atoms with Crippen molar-refractivity contribution in [2.75, 3.05) is 11.5 Å². The number of carbonyl (C=O) groups excluding carboxylic acids is 1. The van der Waals surface area contributed by atoms with E-state index < -0.39 is 33.7 Å². The van der Waals surface area contributed by atoms with E-state index in [1.807, 2.05) is 0 Å². The number of halogens is 3. The first-order valence-electron chi connectivity index (χ1n) is 6.68. The molecule has 1 fully saturated rings. The molecule has 1 atom stereocenters. The number of alkyl halides is 3. The molecule has 2 heterocycles. The molecule has 1 aromatic rings. The van der Waals surface area contributed by atoms with E-state index in [-0.39, 0.29) is 24.5 Å². The molecule has 1 aliphatic rings. The van der Waals surface area contributed by atoms with Gasteiger partial charge in [-0.25, -0.2) is 8.42 Å². The molecule has 0 aromatic carbocycles. The van der Waals surface area contributed by atoms with Crippen LogP contribution < -0.4 is 5.32 Å². The van der Waals surface area contributed by atoms with E-state index in [1.165, 1.54) is 6.92 Å². The Labute approximate surface area is 125 Å². The number of nitrogens with one attached hydrogen (secondary N) is 1. The van der Waals surface area contributed by atoms with Crippen LogP contribution in [0.5, 0.6) is 0 Å². The number of hydrogen-bond acceptors (Lipinski definition) is 4. The highest BCUT2D eigenvalue weighted by Crippen LogP contribution is 2.28. The monoisotopic (exact) mass is 339 g/mol. The van der Waals surface area contributed by atoms with Gasteiger partial charge < -0.3 is 5.32 Å². The molecule has 0 spiro atoms. The van der Waals surface area contributed by atoms with Crippen molar-refractivity contribution in [2.24, 2.45) is 0 Å². The van der Waals surface area contributed by atoms with Gasteiger partial charge in [0.05, 0.1) is 11.5 Å². The highest BCUT2D eigenvalue weighted by Gasteiger charge is 2.34. The average molecular weight is 339 g/mol. The van der Waals surface area contributed by atoms with Gasteiger partial charge in [0, 0.05) is 24.7 Å². The molecular formula is C12H16F3N3O3S. The van der Waals surface area contributed by atoms with Crippen LogP contribution in [0.1, 0.15) is 24.2 Å². The minimum absolute atomic E-state index is 0.00716. The number of aromatic nitrogens is 2. The van der Waals surface area contributed by atoms with E-state index in [2.05, 4.69) is 10.4 Å². The topological polar surface area (TPSA) is 81.1 Å². The van der Waals surface area contributed by atoms with Crippen molar-refractivity contribution in [3.63, 3.8) is 0 Å². The lowest BCUT2D eigenvalue weighted by molar-refractivity contribution is -0.141. The molecule has 1 aliphatic heterocycles. The van der Waals surface area contributed by atoms with Crippen LogP contribution in [0.25, 0.3) is 0 Å². The van der Waals surface area contributed by atoms with Gasteiger partial charge in [-0.1, -0.05) is 0 Å². The minimum atomic E-state index is -4.52. The summed E-state index contributed by atoms with van der Waals surface area (Å²) in [5.74, 6) is -0.436. The van der Waals surface area contributed by atoms with Gasteiger partial charge in [-0.05, 0) is 19.4 Å². The summed E-state index contributed by atoms with van der Waals surface area (Å²) in [4.78, 5) is 11.7. The fourth-order valence-corrected chi connectivity index (χ4v) is 3.96. The van der Waals surface area contributed by atoms with Crippen LogP contribution in [0.3, 0.4) is 0 Å². The van der Waals surface area contributed by atoms with E-state index in [0.29, 0.717) is 12.1 Å². The van der Waals surface area contributed by atoms with Gasteiger partial charge in [-0.15, -0.1) is 0 Å². The number of aryl methyl sites for hydroxylation is 2. The van der Waals surface area contributed by atoms with Crippen LogP contribution in [-0.4, -0.2) is 41.7 Å². The Balaban J connectivity index is 1.88. The largest absolute Gasteiger partial charge is 0.435 e. The zero-order valence-electron chi connectivity index (χ0n) is 11.9.